The minimum Gasteiger partial charge on any atom is -0.478 e. The molecule has 0 saturated carbocycles. The van der Waals surface area contributed by atoms with E-state index >= 15 is 0 Å². The van der Waals surface area contributed by atoms with E-state index in [1.54, 1.807) is 36.5 Å². The lowest BCUT2D eigenvalue weighted by Gasteiger charge is -2.11. The fourth-order valence-electron chi connectivity index (χ4n) is 2.86. The van der Waals surface area contributed by atoms with Gasteiger partial charge < -0.3 is 10.1 Å². The Kier molecular flexibility index (Phi) is 7.95. The summed E-state index contributed by atoms with van der Waals surface area (Å²) in [5.41, 5.74) is 1.86. The van der Waals surface area contributed by atoms with Crippen LogP contribution in [0.25, 0.3) is 0 Å². The van der Waals surface area contributed by atoms with E-state index in [9.17, 15) is 13.2 Å². The Morgan fingerprint density at radius 2 is 1.75 bits per heavy atom. The molecular formula is C22H21Cl2N3O4S. The summed E-state index contributed by atoms with van der Waals surface area (Å²) in [6.07, 6.45) is 1.77. The normalized spacial score (nSPS) is 11.1. The summed E-state index contributed by atoms with van der Waals surface area (Å²) in [6, 6.07) is 14.2. The fourth-order valence-corrected chi connectivity index (χ4v) is 4.64. The summed E-state index contributed by atoms with van der Waals surface area (Å²) in [5, 5.41) is 3.28. The Labute approximate surface area is 196 Å². The van der Waals surface area contributed by atoms with Crippen molar-refractivity contribution in [2.24, 2.45) is 0 Å². The van der Waals surface area contributed by atoms with Gasteiger partial charge in [0.25, 0.3) is 10.0 Å². The van der Waals surface area contributed by atoms with Gasteiger partial charge >= 0.3 is 0 Å². The maximum atomic E-state index is 12.6. The number of halogens is 2. The molecule has 32 heavy (non-hydrogen) atoms. The van der Waals surface area contributed by atoms with E-state index in [2.05, 4.69) is 15.0 Å². The number of anilines is 1. The molecule has 0 spiro atoms. The van der Waals surface area contributed by atoms with Crippen LogP contribution in [0.15, 0.2) is 65.7 Å². The van der Waals surface area contributed by atoms with Gasteiger partial charge in [-0.15, -0.1) is 0 Å². The molecule has 1 aromatic heterocycles. The summed E-state index contributed by atoms with van der Waals surface area (Å²) >= 11 is 11.8. The third-order valence-corrected chi connectivity index (χ3v) is 6.12. The van der Waals surface area contributed by atoms with Crippen LogP contribution in [0.4, 0.5) is 5.69 Å². The number of amides is 1. The van der Waals surface area contributed by atoms with E-state index in [4.69, 9.17) is 27.9 Å². The van der Waals surface area contributed by atoms with Crippen LogP contribution < -0.4 is 14.8 Å². The van der Waals surface area contributed by atoms with E-state index in [0.29, 0.717) is 24.7 Å². The Hall–Kier alpha value is -2.81. The molecule has 0 atom stereocenters. The topological polar surface area (TPSA) is 97.4 Å². The molecule has 3 rings (SSSR count). The van der Waals surface area contributed by atoms with Gasteiger partial charge in [-0.2, -0.15) is 0 Å². The monoisotopic (exact) mass is 493 g/mol. The number of sulfonamides is 1. The molecule has 0 unspecified atom stereocenters. The molecule has 7 nitrogen and oxygen atoms in total. The van der Waals surface area contributed by atoms with Crippen LogP contribution in [0.3, 0.4) is 0 Å². The number of hydrogen-bond acceptors (Lipinski definition) is 5. The van der Waals surface area contributed by atoms with Crippen molar-refractivity contribution < 1.29 is 17.9 Å². The van der Waals surface area contributed by atoms with Crippen molar-refractivity contribution in [3.8, 4) is 5.88 Å². The predicted molar refractivity (Wildman–Crippen MR) is 125 cm³/mol. The molecule has 3 aromatic rings. The first-order valence-corrected chi connectivity index (χ1v) is 11.9. The van der Waals surface area contributed by atoms with Crippen molar-refractivity contribution in [3.63, 3.8) is 0 Å². The van der Waals surface area contributed by atoms with Crippen LogP contribution >= 0.6 is 23.2 Å². The first-order valence-electron chi connectivity index (χ1n) is 9.68. The van der Waals surface area contributed by atoms with Crippen molar-refractivity contribution in [1.29, 1.82) is 0 Å². The number of hydrogen-bond donors (Lipinski definition) is 2. The van der Waals surface area contributed by atoms with E-state index in [1.165, 1.54) is 18.2 Å². The van der Waals surface area contributed by atoms with Crippen molar-refractivity contribution in [2.75, 3.05) is 11.3 Å². The molecule has 1 amide bonds. The molecule has 1 heterocycles. The Morgan fingerprint density at radius 3 is 2.41 bits per heavy atom. The maximum Gasteiger partial charge on any atom is 0.261 e. The zero-order chi connectivity index (χ0) is 23.1. The number of pyridine rings is 1. The molecule has 10 heteroatoms. The lowest BCUT2D eigenvalue weighted by molar-refractivity contribution is -0.120. The van der Waals surface area contributed by atoms with Gasteiger partial charge in [0.15, 0.2) is 0 Å². The largest absolute Gasteiger partial charge is 0.478 e. The maximum absolute atomic E-state index is 12.6. The summed E-state index contributed by atoms with van der Waals surface area (Å²) < 4.78 is 33.0. The van der Waals surface area contributed by atoms with Gasteiger partial charge in [0.2, 0.25) is 11.8 Å². The average molecular weight is 494 g/mol. The van der Waals surface area contributed by atoms with Crippen molar-refractivity contribution >= 4 is 44.8 Å². The molecule has 2 N–H and O–H groups in total. The van der Waals surface area contributed by atoms with E-state index < -0.39 is 10.0 Å². The molecule has 0 aliphatic rings. The minimum absolute atomic E-state index is 0.0414. The number of benzene rings is 2. The van der Waals surface area contributed by atoms with Gasteiger partial charge in [0.1, 0.15) is 0 Å². The number of aromatic nitrogens is 1. The van der Waals surface area contributed by atoms with Crippen LogP contribution in [-0.4, -0.2) is 25.9 Å². The molecule has 0 radical (unpaired) electrons. The number of carbonyl (C=O) groups is 1. The number of nitrogens with zero attached hydrogens (tertiary/aromatic N) is 1. The molecule has 0 saturated heterocycles. The number of ether oxygens (including phenoxy) is 1. The quantitative estimate of drug-likeness (QED) is 0.458. The molecule has 168 valence electrons. The second-order valence-electron chi connectivity index (χ2n) is 6.76. The lowest BCUT2D eigenvalue weighted by atomic mass is 10.1. The predicted octanol–water partition coefficient (Wildman–Crippen LogP) is 4.45. The zero-order valence-corrected chi connectivity index (χ0v) is 19.5. The number of nitrogens with one attached hydrogen (secondary N) is 2. The van der Waals surface area contributed by atoms with Gasteiger partial charge in [-0.25, -0.2) is 13.4 Å². The van der Waals surface area contributed by atoms with E-state index in [-0.39, 0.29) is 27.3 Å². The van der Waals surface area contributed by atoms with E-state index in [0.717, 1.165) is 11.1 Å². The van der Waals surface area contributed by atoms with Crippen LogP contribution in [0, 0.1) is 0 Å². The zero-order valence-electron chi connectivity index (χ0n) is 17.1. The molecule has 0 aliphatic carbocycles. The highest BCUT2D eigenvalue weighted by atomic mass is 35.5. The van der Waals surface area contributed by atoms with Gasteiger partial charge in [-0.05, 0) is 48.9 Å². The molecule has 0 aliphatic heterocycles. The highest BCUT2D eigenvalue weighted by Gasteiger charge is 2.16. The van der Waals surface area contributed by atoms with Crippen molar-refractivity contribution in [1.82, 2.24) is 10.3 Å². The van der Waals surface area contributed by atoms with E-state index in [1.807, 2.05) is 13.0 Å². The van der Waals surface area contributed by atoms with Gasteiger partial charge in [0, 0.05) is 34.0 Å². The second kappa shape index (κ2) is 10.7. The van der Waals surface area contributed by atoms with Crippen LogP contribution in [0.1, 0.15) is 18.1 Å². The van der Waals surface area contributed by atoms with Crippen molar-refractivity contribution in [3.05, 3.63) is 82.0 Å². The second-order valence-corrected chi connectivity index (χ2v) is 9.32. The Morgan fingerprint density at radius 1 is 1.06 bits per heavy atom. The smallest absolute Gasteiger partial charge is 0.261 e. The highest BCUT2D eigenvalue weighted by molar-refractivity contribution is 7.92. The fraction of sp³-hybridized carbons (Fsp3) is 0.182. The number of carbonyl (C=O) groups excluding carboxylic acids is 1. The molecular weight excluding hydrogens is 473 g/mol. The molecule has 0 bridgehead atoms. The molecule has 2 aromatic carbocycles. The summed E-state index contributed by atoms with van der Waals surface area (Å²) in [4.78, 5) is 16.4. The third kappa shape index (κ3) is 6.59. The average Bonchev–Trinajstić information content (AvgIpc) is 2.74. The standard InChI is InChI=1S/C22H21Cl2N3O4S/c1-2-31-22-16(4-3-9-25-22)14-26-21(28)10-15-5-7-19(8-6-15)27-32(29,30)20-12-17(23)11-18(24)13-20/h3-9,11-13,27H,2,10,14H2,1H3,(H,26,28). The summed E-state index contributed by atoms with van der Waals surface area (Å²) in [7, 11) is -3.86. The highest BCUT2D eigenvalue weighted by Crippen LogP contribution is 2.24. The van der Waals surface area contributed by atoms with Gasteiger partial charge in [-0.3, -0.25) is 9.52 Å². The first-order chi connectivity index (χ1) is 15.3. The molecule has 0 fully saturated rings. The SMILES string of the molecule is CCOc1ncccc1CNC(=O)Cc1ccc(NS(=O)(=O)c2cc(Cl)cc(Cl)c2)cc1. The van der Waals surface area contributed by atoms with Gasteiger partial charge in [-0.1, -0.05) is 41.4 Å². The summed E-state index contributed by atoms with van der Waals surface area (Å²) in [5.74, 6) is 0.311. The van der Waals surface area contributed by atoms with Gasteiger partial charge in [0.05, 0.1) is 17.9 Å². The lowest BCUT2D eigenvalue weighted by Crippen LogP contribution is -2.25. The Balaban J connectivity index is 1.59. The Bertz CT molecular complexity index is 1180. The third-order valence-electron chi connectivity index (χ3n) is 4.32. The van der Waals surface area contributed by atoms with Crippen LogP contribution in [-0.2, 0) is 27.8 Å². The number of rotatable bonds is 9. The first kappa shape index (κ1) is 23.8. The summed E-state index contributed by atoms with van der Waals surface area (Å²) in [6.45, 7) is 2.64. The van der Waals surface area contributed by atoms with Crippen molar-refractivity contribution in [2.45, 2.75) is 24.8 Å². The van der Waals surface area contributed by atoms with Crippen LogP contribution in [0.5, 0.6) is 5.88 Å². The minimum atomic E-state index is -3.86. The van der Waals surface area contributed by atoms with Crippen LogP contribution in [0.2, 0.25) is 10.0 Å².